The maximum atomic E-state index is 5.89. The number of nitrogens with one attached hydrogen (secondary N) is 1. The Hall–Kier alpha value is -1.12. The van der Waals surface area contributed by atoms with Crippen LogP contribution in [0.25, 0.3) is 0 Å². The van der Waals surface area contributed by atoms with Crippen molar-refractivity contribution in [2.75, 3.05) is 13.7 Å². The first-order valence-corrected chi connectivity index (χ1v) is 8.37. The quantitative estimate of drug-likeness (QED) is 0.738. The van der Waals surface area contributed by atoms with Crippen molar-refractivity contribution in [2.24, 2.45) is 0 Å². The zero-order chi connectivity index (χ0) is 14.9. The molecule has 0 bridgehead atoms. The van der Waals surface area contributed by atoms with Crippen molar-refractivity contribution in [3.63, 3.8) is 0 Å². The summed E-state index contributed by atoms with van der Waals surface area (Å²) in [6, 6.07) is 10.9. The van der Waals surface area contributed by atoms with Gasteiger partial charge in [-0.1, -0.05) is 55.3 Å². The smallest absolute Gasteiger partial charge is 0.101 e. The highest BCUT2D eigenvalue weighted by Crippen LogP contribution is 2.30. The molecule has 2 unspecified atom stereocenters. The third-order valence-corrected chi connectivity index (χ3v) is 4.27. The van der Waals surface area contributed by atoms with Crippen LogP contribution in [0.5, 0.6) is 0 Å². The monoisotopic (exact) mass is 287 g/mol. The van der Waals surface area contributed by atoms with E-state index in [-0.39, 0.29) is 6.10 Å². The molecule has 0 spiro atoms. The van der Waals surface area contributed by atoms with Crippen LogP contribution < -0.4 is 5.32 Å². The molecular weight excluding hydrogens is 258 g/mol. The number of benzene rings is 1. The second kappa shape index (κ2) is 9.01. The highest BCUT2D eigenvalue weighted by Gasteiger charge is 2.26. The van der Waals surface area contributed by atoms with E-state index in [2.05, 4.69) is 48.6 Å². The summed E-state index contributed by atoms with van der Waals surface area (Å²) in [5, 5.41) is 3.72. The summed E-state index contributed by atoms with van der Waals surface area (Å²) in [6.45, 7) is 3.25. The summed E-state index contributed by atoms with van der Waals surface area (Å²) in [7, 11) is 1.83. The van der Waals surface area contributed by atoms with Crippen LogP contribution in [0.1, 0.15) is 57.1 Å². The van der Waals surface area contributed by atoms with Gasteiger partial charge in [0.2, 0.25) is 0 Å². The number of hydrogen-bond acceptors (Lipinski definition) is 2. The molecule has 0 aromatic heterocycles. The molecular formula is C19H29NO. The molecule has 1 aromatic rings. The molecule has 1 aromatic carbocycles. The molecule has 2 atom stereocenters. The fraction of sp³-hybridized carbons (Fsp3) is 0.579. The Kier molecular flexibility index (Phi) is 6.98. The number of methoxy groups -OCH3 is 1. The van der Waals surface area contributed by atoms with Crippen LogP contribution in [0.2, 0.25) is 0 Å². The Morgan fingerprint density at radius 1 is 1.14 bits per heavy atom. The van der Waals surface area contributed by atoms with Crippen molar-refractivity contribution in [1.82, 2.24) is 5.32 Å². The van der Waals surface area contributed by atoms with E-state index < -0.39 is 0 Å². The van der Waals surface area contributed by atoms with Crippen molar-refractivity contribution in [2.45, 2.75) is 57.6 Å². The Morgan fingerprint density at radius 3 is 2.67 bits per heavy atom. The summed E-state index contributed by atoms with van der Waals surface area (Å²) in [5.74, 6) is 0. The van der Waals surface area contributed by atoms with E-state index in [4.69, 9.17) is 4.74 Å². The third-order valence-electron chi connectivity index (χ3n) is 4.27. The van der Waals surface area contributed by atoms with E-state index in [1.807, 2.05) is 7.11 Å². The van der Waals surface area contributed by atoms with Gasteiger partial charge in [0.25, 0.3) is 0 Å². The van der Waals surface area contributed by atoms with Gasteiger partial charge in [0.1, 0.15) is 6.10 Å². The Balaban J connectivity index is 2.22. The van der Waals surface area contributed by atoms with E-state index in [0.717, 1.165) is 13.0 Å². The molecule has 2 rings (SSSR count). The van der Waals surface area contributed by atoms with Crippen LogP contribution in [0.3, 0.4) is 0 Å². The van der Waals surface area contributed by atoms with E-state index in [1.165, 1.54) is 43.2 Å². The highest BCUT2D eigenvalue weighted by atomic mass is 16.5. The largest absolute Gasteiger partial charge is 0.375 e. The van der Waals surface area contributed by atoms with Gasteiger partial charge in [-0.2, -0.15) is 0 Å². The summed E-state index contributed by atoms with van der Waals surface area (Å²) >= 11 is 0. The van der Waals surface area contributed by atoms with Gasteiger partial charge in [0.05, 0.1) is 6.04 Å². The van der Waals surface area contributed by atoms with Crippen LogP contribution in [0.4, 0.5) is 0 Å². The standard InChI is InChI=1S/C19H29NO/c1-3-15-20-18(16-11-7-4-5-8-12-16)19(21-2)17-13-9-6-10-14-17/h6,9-11,13-14,18-20H,3-5,7-8,12,15H2,1-2H3. The number of hydrogen-bond donors (Lipinski definition) is 1. The van der Waals surface area contributed by atoms with E-state index in [1.54, 1.807) is 0 Å². The fourth-order valence-electron chi connectivity index (χ4n) is 3.16. The maximum absolute atomic E-state index is 5.89. The lowest BCUT2D eigenvalue weighted by Crippen LogP contribution is -2.38. The molecule has 116 valence electrons. The molecule has 0 radical (unpaired) electrons. The van der Waals surface area contributed by atoms with Gasteiger partial charge < -0.3 is 10.1 Å². The van der Waals surface area contributed by atoms with Crippen molar-refractivity contribution in [3.05, 3.63) is 47.5 Å². The van der Waals surface area contributed by atoms with Gasteiger partial charge in [-0.25, -0.2) is 0 Å². The lowest BCUT2D eigenvalue weighted by Gasteiger charge is -2.30. The molecule has 1 N–H and O–H groups in total. The fourth-order valence-corrected chi connectivity index (χ4v) is 3.16. The average molecular weight is 287 g/mol. The molecule has 0 aliphatic heterocycles. The summed E-state index contributed by atoms with van der Waals surface area (Å²) in [6.07, 6.45) is 10.1. The lowest BCUT2D eigenvalue weighted by molar-refractivity contribution is 0.0776. The lowest BCUT2D eigenvalue weighted by atomic mass is 9.92. The molecule has 1 aliphatic carbocycles. The molecule has 0 heterocycles. The Bertz CT molecular complexity index is 426. The van der Waals surface area contributed by atoms with Gasteiger partial charge in [0.15, 0.2) is 0 Å². The number of ether oxygens (including phenoxy) is 1. The average Bonchev–Trinajstić information content (AvgIpc) is 2.81. The third kappa shape index (κ3) is 4.69. The highest BCUT2D eigenvalue weighted by molar-refractivity contribution is 5.25. The normalized spacial score (nSPS) is 18.7. The minimum Gasteiger partial charge on any atom is -0.375 e. The Morgan fingerprint density at radius 2 is 1.95 bits per heavy atom. The topological polar surface area (TPSA) is 21.3 Å². The SMILES string of the molecule is CCCNC(C1=CCCCCC1)C(OC)c1ccccc1. The molecule has 0 saturated heterocycles. The van der Waals surface area contributed by atoms with E-state index >= 15 is 0 Å². The van der Waals surface area contributed by atoms with Crippen molar-refractivity contribution in [1.29, 1.82) is 0 Å². The molecule has 2 heteroatoms. The van der Waals surface area contributed by atoms with Crippen molar-refractivity contribution in [3.8, 4) is 0 Å². The molecule has 21 heavy (non-hydrogen) atoms. The molecule has 0 amide bonds. The first-order chi connectivity index (χ1) is 10.4. The zero-order valence-corrected chi connectivity index (χ0v) is 13.5. The molecule has 0 fully saturated rings. The van der Waals surface area contributed by atoms with Gasteiger partial charge in [-0.05, 0) is 44.2 Å². The first-order valence-electron chi connectivity index (χ1n) is 8.37. The van der Waals surface area contributed by atoms with Gasteiger partial charge in [-0.3, -0.25) is 0 Å². The maximum Gasteiger partial charge on any atom is 0.101 e. The van der Waals surface area contributed by atoms with E-state index in [0.29, 0.717) is 6.04 Å². The van der Waals surface area contributed by atoms with Crippen LogP contribution in [-0.4, -0.2) is 19.7 Å². The minimum absolute atomic E-state index is 0.0992. The van der Waals surface area contributed by atoms with Crippen LogP contribution in [0, 0.1) is 0 Å². The van der Waals surface area contributed by atoms with Crippen molar-refractivity contribution < 1.29 is 4.74 Å². The van der Waals surface area contributed by atoms with Gasteiger partial charge in [-0.15, -0.1) is 0 Å². The summed E-state index contributed by atoms with van der Waals surface area (Å²) < 4.78 is 5.89. The number of allylic oxidation sites excluding steroid dienone is 1. The zero-order valence-electron chi connectivity index (χ0n) is 13.5. The molecule has 0 saturated carbocycles. The number of rotatable bonds is 7. The van der Waals surface area contributed by atoms with E-state index in [9.17, 15) is 0 Å². The predicted octanol–water partition coefficient (Wildman–Crippen LogP) is 4.63. The van der Waals surface area contributed by atoms with Gasteiger partial charge >= 0.3 is 0 Å². The van der Waals surface area contributed by atoms with Crippen LogP contribution >= 0.6 is 0 Å². The first kappa shape index (κ1) is 16.3. The molecule has 2 nitrogen and oxygen atoms in total. The Labute approximate surface area is 129 Å². The predicted molar refractivity (Wildman–Crippen MR) is 89.4 cm³/mol. The second-order valence-corrected chi connectivity index (χ2v) is 5.88. The minimum atomic E-state index is 0.0992. The van der Waals surface area contributed by atoms with Crippen molar-refractivity contribution >= 4 is 0 Å². The van der Waals surface area contributed by atoms with Crippen LogP contribution in [-0.2, 0) is 4.74 Å². The summed E-state index contributed by atoms with van der Waals surface area (Å²) in [5.41, 5.74) is 2.80. The summed E-state index contributed by atoms with van der Waals surface area (Å²) in [4.78, 5) is 0. The molecule has 1 aliphatic rings. The second-order valence-electron chi connectivity index (χ2n) is 5.88. The van der Waals surface area contributed by atoms with Crippen LogP contribution in [0.15, 0.2) is 42.0 Å². The van der Waals surface area contributed by atoms with Gasteiger partial charge in [0, 0.05) is 7.11 Å².